The fraction of sp³-hybridized carbons (Fsp3) is 0.526. The molecule has 1 aliphatic heterocycles. The molecule has 1 aliphatic carbocycles. The first-order valence-corrected chi connectivity index (χ1v) is 9.65. The maximum Gasteiger partial charge on any atom is 0.193 e. The quantitative estimate of drug-likeness (QED) is 0.383. The summed E-state index contributed by atoms with van der Waals surface area (Å²) in [5.74, 6) is 2.47. The topological polar surface area (TPSA) is 69.2 Å². The number of guanidine groups is 1. The van der Waals surface area contributed by atoms with Gasteiger partial charge in [-0.3, -0.25) is 10.1 Å². The smallest absolute Gasteiger partial charge is 0.193 e. The second-order valence-corrected chi connectivity index (χ2v) is 7.76. The van der Waals surface area contributed by atoms with Gasteiger partial charge in [0.05, 0.1) is 0 Å². The van der Waals surface area contributed by atoms with Crippen molar-refractivity contribution < 1.29 is 0 Å². The number of nitrogens with one attached hydrogen (secondary N) is 2. The highest BCUT2D eigenvalue weighted by atomic mass is 127. The van der Waals surface area contributed by atoms with Gasteiger partial charge >= 0.3 is 0 Å². The summed E-state index contributed by atoms with van der Waals surface area (Å²) in [4.78, 5) is 11.2. The number of piperidine rings is 1. The lowest BCUT2D eigenvalue weighted by Gasteiger charge is -2.34. The van der Waals surface area contributed by atoms with E-state index in [1.54, 1.807) is 6.33 Å². The summed E-state index contributed by atoms with van der Waals surface area (Å²) in [6.45, 7) is 2.87. The van der Waals surface area contributed by atoms with E-state index in [1.165, 1.54) is 18.4 Å². The monoisotopic (exact) mass is 500 g/mol. The Kier molecular flexibility index (Phi) is 6.62. The van der Waals surface area contributed by atoms with Crippen LogP contribution in [0.1, 0.15) is 43.0 Å². The van der Waals surface area contributed by atoms with Crippen LogP contribution in [0, 0.1) is 0 Å². The van der Waals surface area contributed by atoms with E-state index in [0.717, 1.165) is 49.3 Å². The van der Waals surface area contributed by atoms with Gasteiger partial charge in [0.1, 0.15) is 12.2 Å². The summed E-state index contributed by atoms with van der Waals surface area (Å²) >= 11 is 6.18. The Bertz CT molecular complexity index is 766. The first-order valence-electron chi connectivity index (χ1n) is 9.27. The van der Waals surface area contributed by atoms with Gasteiger partial charge in [-0.25, -0.2) is 4.98 Å². The van der Waals surface area contributed by atoms with E-state index < -0.39 is 0 Å². The number of likely N-dealkylation sites (tertiary alicyclic amines) is 1. The van der Waals surface area contributed by atoms with Crippen LogP contribution in [0.3, 0.4) is 0 Å². The van der Waals surface area contributed by atoms with Crippen LogP contribution >= 0.6 is 35.6 Å². The van der Waals surface area contributed by atoms with E-state index in [-0.39, 0.29) is 29.4 Å². The molecule has 0 unspecified atom stereocenters. The average molecular weight is 501 g/mol. The van der Waals surface area contributed by atoms with E-state index in [2.05, 4.69) is 42.5 Å². The number of H-pyrrole nitrogens is 1. The second-order valence-electron chi connectivity index (χ2n) is 7.32. The summed E-state index contributed by atoms with van der Waals surface area (Å²) in [5, 5.41) is 11.4. The minimum Gasteiger partial charge on any atom is -0.355 e. The Balaban J connectivity index is 0.00000210. The Morgan fingerprint density at radius 3 is 2.74 bits per heavy atom. The van der Waals surface area contributed by atoms with E-state index in [1.807, 2.05) is 19.2 Å². The highest BCUT2D eigenvalue weighted by Crippen LogP contribution is 2.48. The molecule has 2 fully saturated rings. The first kappa shape index (κ1) is 20.4. The summed E-state index contributed by atoms with van der Waals surface area (Å²) in [5.41, 5.74) is 1.54. The number of rotatable bonds is 4. The molecule has 1 aromatic carbocycles. The number of hydrogen-bond donors (Lipinski definition) is 2. The highest BCUT2D eigenvalue weighted by Gasteiger charge is 2.44. The van der Waals surface area contributed by atoms with Gasteiger partial charge in [-0.15, -0.1) is 24.0 Å². The molecule has 146 valence electrons. The maximum absolute atomic E-state index is 6.18. The fourth-order valence-corrected chi connectivity index (χ4v) is 4.08. The fourth-order valence-electron chi connectivity index (χ4n) is 3.89. The summed E-state index contributed by atoms with van der Waals surface area (Å²) in [7, 11) is 1.86. The molecule has 27 heavy (non-hydrogen) atoms. The number of nitrogens with zero attached hydrogens (tertiary/aromatic N) is 4. The molecular formula is C19H26ClIN6. The first-order chi connectivity index (χ1) is 12.7. The number of aromatic nitrogens is 3. The molecule has 2 aliphatic rings. The van der Waals surface area contributed by atoms with E-state index in [9.17, 15) is 0 Å². The third-order valence-electron chi connectivity index (χ3n) is 5.70. The standard InChI is InChI=1S/C19H25ClN6.HI/c1-21-18(26-9-5-14(6-10-26)17-23-13-24-25-17)22-12-19(7-8-19)15-3-2-4-16(20)11-15;/h2-4,11,13-14H,5-10,12H2,1H3,(H,21,22)(H,23,24,25);1H. The largest absolute Gasteiger partial charge is 0.355 e. The van der Waals surface area contributed by atoms with Crippen molar-refractivity contribution in [3.8, 4) is 0 Å². The van der Waals surface area contributed by atoms with Gasteiger partial charge < -0.3 is 10.2 Å². The van der Waals surface area contributed by atoms with Crippen molar-refractivity contribution in [3.63, 3.8) is 0 Å². The van der Waals surface area contributed by atoms with Crippen molar-refractivity contribution in [1.82, 2.24) is 25.4 Å². The van der Waals surface area contributed by atoms with Gasteiger partial charge in [0, 0.05) is 43.0 Å². The zero-order valence-corrected chi connectivity index (χ0v) is 18.6. The Morgan fingerprint density at radius 1 is 1.37 bits per heavy atom. The SMILES string of the molecule is CN=C(NCC1(c2cccc(Cl)c2)CC1)N1CCC(c2ncn[nH]2)CC1.I. The van der Waals surface area contributed by atoms with Crippen LogP contribution in [-0.4, -0.2) is 52.7 Å². The Labute approximate surface area is 182 Å². The van der Waals surface area contributed by atoms with Crippen LogP contribution in [0.5, 0.6) is 0 Å². The van der Waals surface area contributed by atoms with Gasteiger partial charge in [-0.05, 0) is 43.4 Å². The number of benzene rings is 1. The zero-order valence-electron chi connectivity index (χ0n) is 15.5. The molecule has 0 radical (unpaired) electrons. The van der Waals surface area contributed by atoms with E-state index in [4.69, 9.17) is 11.6 Å². The van der Waals surface area contributed by atoms with Gasteiger partial charge in [0.15, 0.2) is 5.96 Å². The molecule has 1 aromatic heterocycles. The van der Waals surface area contributed by atoms with Crippen LogP contribution in [0.15, 0.2) is 35.6 Å². The van der Waals surface area contributed by atoms with E-state index >= 15 is 0 Å². The van der Waals surface area contributed by atoms with Crippen LogP contribution in [0.2, 0.25) is 5.02 Å². The van der Waals surface area contributed by atoms with Crippen molar-refractivity contribution in [3.05, 3.63) is 47.0 Å². The molecule has 0 atom stereocenters. The van der Waals surface area contributed by atoms with Gasteiger partial charge in [0.2, 0.25) is 0 Å². The normalized spacial score (nSPS) is 19.5. The number of aromatic amines is 1. The lowest BCUT2D eigenvalue weighted by Crippen LogP contribution is -2.47. The predicted molar refractivity (Wildman–Crippen MR) is 119 cm³/mol. The molecule has 6 nitrogen and oxygen atoms in total. The molecular weight excluding hydrogens is 475 g/mol. The third-order valence-corrected chi connectivity index (χ3v) is 5.94. The summed E-state index contributed by atoms with van der Waals surface area (Å²) < 4.78 is 0. The Hall–Kier alpha value is -1.35. The summed E-state index contributed by atoms with van der Waals surface area (Å²) in [6, 6.07) is 8.26. The molecule has 0 spiro atoms. The molecule has 1 saturated carbocycles. The van der Waals surface area contributed by atoms with Crippen LogP contribution < -0.4 is 5.32 Å². The molecule has 2 aromatic rings. The number of halogens is 2. The van der Waals surface area contributed by atoms with Crippen molar-refractivity contribution in [2.45, 2.75) is 37.0 Å². The molecule has 0 amide bonds. The van der Waals surface area contributed by atoms with Crippen molar-refractivity contribution in [1.29, 1.82) is 0 Å². The van der Waals surface area contributed by atoms with Crippen LogP contribution in [0.25, 0.3) is 0 Å². The van der Waals surface area contributed by atoms with Crippen molar-refractivity contribution in [2.75, 3.05) is 26.7 Å². The molecule has 2 N–H and O–H groups in total. The second kappa shape index (κ2) is 8.77. The van der Waals surface area contributed by atoms with Crippen molar-refractivity contribution in [2.24, 2.45) is 4.99 Å². The van der Waals surface area contributed by atoms with Crippen LogP contribution in [-0.2, 0) is 5.41 Å². The van der Waals surface area contributed by atoms with Gasteiger partial charge in [-0.1, -0.05) is 23.7 Å². The summed E-state index contributed by atoms with van der Waals surface area (Å²) in [6.07, 6.45) is 6.12. The average Bonchev–Trinajstić information content (AvgIpc) is 3.26. The predicted octanol–water partition coefficient (Wildman–Crippen LogP) is 3.56. The van der Waals surface area contributed by atoms with Gasteiger partial charge in [-0.2, -0.15) is 5.10 Å². The van der Waals surface area contributed by atoms with Crippen LogP contribution in [0.4, 0.5) is 0 Å². The van der Waals surface area contributed by atoms with Gasteiger partial charge in [0.25, 0.3) is 0 Å². The third kappa shape index (κ3) is 4.56. The van der Waals surface area contributed by atoms with Crippen molar-refractivity contribution >= 4 is 41.5 Å². The Morgan fingerprint density at radius 2 is 2.15 bits per heavy atom. The zero-order chi connectivity index (χ0) is 18.0. The maximum atomic E-state index is 6.18. The molecule has 0 bridgehead atoms. The van der Waals surface area contributed by atoms with E-state index in [0.29, 0.717) is 5.92 Å². The highest BCUT2D eigenvalue weighted by molar-refractivity contribution is 14.0. The lowest BCUT2D eigenvalue weighted by atomic mass is 9.95. The minimum atomic E-state index is 0. The number of hydrogen-bond acceptors (Lipinski definition) is 3. The lowest BCUT2D eigenvalue weighted by molar-refractivity contribution is 0.298. The molecule has 2 heterocycles. The number of aliphatic imine (C=N–C) groups is 1. The molecule has 1 saturated heterocycles. The minimum absolute atomic E-state index is 0. The molecule has 4 rings (SSSR count). The molecule has 8 heteroatoms.